The standard InChI is InChI=1S/C30H24ClNO4/c1-3-34-27-16-21(14-25(31)28(27)35-18-20-10-8-19(2)9-11-20)15-26-30(33)36-29(32-26)24-13-12-22-6-4-5-7-23(22)17-24/h4-17H,3,18H2,1-2H3/b26-15-. The predicted molar refractivity (Wildman–Crippen MR) is 143 cm³/mol. The molecule has 1 heterocycles. The molecule has 180 valence electrons. The minimum atomic E-state index is -0.521. The van der Waals surface area contributed by atoms with E-state index in [1.165, 1.54) is 5.56 Å². The van der Waals surface area contributed by atoms with Crippen LogP contribution in [-0.4, -0.2) is 18.5 Å². The molecule has 4 aromatic rings. The summed E-state index contributed by atoms with van der Waals surface area (Å²) in [5.41, 5.74) is 3.78. The second-order valence-electron chi connectivity index (χ2n) is 8.44. The number of esters is 1. The van der Waals surface area contributed by atoms with Crippen LogP contribution in [0, 0.1) is 6.92 Å². The smallest absolute Gasteiger partial charge is 0.363 e. The number of carbonyl (C=O) groups is 1. The van der Waals surface area contributed by atoms with Crippen molar-refractivity contribution in [3.05, 3.63) is 112 Å². The number of halogens is 1. The van der Waals surface area contributed by atoms with Gasteiger partial charge in [0.05, 0.1) is 11.6 Å². The van der Waals surface area contributed by atoms with Gasteiger partial charge in [0.15, 0.2) is 17.2 Å². The van der Waals surface area contributed by atoms with E-state index in [1.54, 1.807) is 18.2 Å². The zero-order chi connectivity index (χ0) is 25.1. The molecule has 0 fully saturated rings. The Labute approximate surface area is 214 Å². The highest BCUT2D eigenvalue weighted by Crippen LogP contribution is 2.38. The van der Waals surface area contributed by atoms with Crippen LogP contribution < -0.4 is 9.47 Å². The number of rotatable bonds is 7. The molecule has 6 heteroatoms. The number of benzene rings is 4. The Morgan fingerprint density at radius 1 is 0.944 bits per heavy atom. The fraction of sp³-hybridized carbons (Fsp3) is 0.133. The maximum Gasteiger partial charge on any atom is 0.363 e. The molecule has 1 aliphatic heterocycles. The number of fused-ring (bicyclic) bond motifs is 1. The predicted octanol–water partition coefficient (Wildman–Crippen LogP) is 7.12. The number of ether oxygens (including phenoxy) is 3. The number of hydrogen-bond donors (Lipinski definition) is 0. The first-order valence-corrected chi connectivity index (χ1v) is 12.0. The van der Waals surface area contributed by atoms with E-state index in [-0.39, 0.29) is 11.6 Å². The van der Waals surface area contributed by atoms with Crippen molar-refractivity contribution in [1.29, 1.82) is 0 Å². The second-order valence-corrected chi connectivity index (χ2v) is 8.84. The monoisotopic (exact) mass is 497 g/mol. The molecule has 1 aliphatic rings. The molecule has 0 spiro atoms. The van der Waals surface area contributed by atoms with Crippen molar-refractivity contribution < 1.29 is 19.0 Å². The lowest BCUT2D eigenvalue weighted by Gasteiger charge is -2.14. The number of aryl methyl sites for hydroxylation is 1. The third-order valence-electron chi connectivity index (χ3n) is 5.76. The van der Waals surface area contributed by atoms with Crippen LogP contribution in [0.5, 0.6) is 11.5 Å². The van der Waals surface area contributed by atoms with Crippen LogP contribution in [0.2, 0.25) is 5.02 Å². The lowest BCUT2D eigenvalue weighted by molar-refractivity contribution is -0.129. The quantitative estimate of drug-likeness (QED) is 0.201. The first-order chi connectivity index (χ1) is 17.5. The van der Waals surface area contributed by atoms with E-state index in [9.17, 15) is 4.79 Å². The third kappa shape index (κ3) is 5.11. The van der Waals surface area contributed by atoms with Crippen LogP contribution >= 0.6 is 11.6 Å². The van der Waals surface area contributed by atoms with Gasteiger partial charge in [0.1, 0.15) is 6.61 Å². The van der Waals surface area contributed by atoms with Gasteiger partial charge in [-0.05, 0) is 66.1 Å². The minimum absolute atomic E-state index is 0.185. The summed E-state index contributed by atoms with van der Waals surface area (Å²) in [6, 6.07) is 25.4. The average Bonchev–Trinajstić information content (AvgIpc) is 3.24. The van der Waals surface area contributed by atoms with Gasteiger partial charge in [-0.1, -0.05) is 71.8 Å². The van der Waals surface area contributed by atoms with Crippen molar-refractivity contribution >= 4 is 40.3 Å². The first kappa shape index (κ1) is 23.6. The molecule has 0 amide bonds. The van der Waals surface area contributed by atoms with E-state index in [0.29, 0.717) is 35.3 Å². The Bertz CT molecular complexity index is 1510. The normalized spacial score (nSPS) is 14.1. The van der Waals surface area contributed by atoms with Crippen LogP contribution in [0.3, 0.4) is 0 Å². The summed E-state index contributed by atoms with van der Waals surface area (Å²) in [5.74, 6) is 0.697. The lowest BCUT2D eigenvalue weighted by atomic mass is 10.1. The molecular weight excluding hydrogens is 474 g/mol. The second kappa shape index (κ2) is 10.3. The molecule has 0 N–H and O–H groups in total. The molecule has 0 aliphatic carbocycles. The molecule has 0 saturated heterocycles. The largest absolute Gasteiger partial charge is 0.490 e. The maximum absolute atomic E-state index is 12.6. The molecule has 0 aromatic heterocycles. The fourth-order valence-electron chi connectivity index (χ4n) is 3.93. The van der Waals surface area contributed by atoms with Gasteiger partial charge in [-0.3, -0.25) is 0 Å². The zero-order valence-electron chi connectivity index (χ0n) is 20.0. The lowest BCUT2D eigenvalue weighted by Crippen LogP contribution is -2.05. The van der Waals surface area contributed by atoms with Crippen LogP contribution in [0.15, 0.2) is 89.6 Å². The van der Waals surface area contributed by atoms with Crippen molar-refractivity contribution in [2.24, 2.45) is 4.99 Å². The van der Waals surface area contributed by atoms with Crippen molar-refractivity contribution in [3.63, 3.8) is 0 Å². The molecule has 4 aromatic carbocycles. The highest BCUT2D eigenvalue weighted by Gasteiger charge is 2.25. The molecule has 5 rings (SSSR count). The molecule has 5 nitrogen and oxygen atoms in total. The zero-order valence-corrected chi connectivity index (χ0v) is 20.7. The SMILES string of the molecule is CCOc1cc(/C=C2\N=C(c3ccc4ccccc4c3)OC2=O)cc(Cl)c1OCc1ccc(C)cc1. The van der Waals surface area contributed by atoms with E-state index in [1.807, 2.05) is 80.6 Å². The van der Waals surface area contributed by atoms with Crippen molar-refractivity contribution in [2.45, 2.75) is 20.5 Å². The van der Waals surface area contributed by atoms with Gasteiger partial charge in [0.25, 0.3) is 0 Å². The molecule has 0 atom stereocenters. The molecule has 0 saturated carbocycles. The van der Waals surface area contributed by atoms with Gasteiger partial charge >= 0.3 is 5.97 Å². The molecule has 0 unspecified atom stereocenters. The van der Waals surface area contributed by atoms with Crippen LogP contribution in [-0.2, 0) is 16.1 Å². The van der Waals surface area contributed by atoms with E-state index in [2.05, 4.69) is 4.99 Å². The number of nitrogens with zero attached hydrogens (tertiary/aromatic N) is 1. The summed E-state index contributed by atoms with van der Waals surface area (Å²) in [6.07, 6.45) is 1.63. The molecule has 36 heavy (non-hydrogen) atoms. The Hall–Kier alpha value is -4.09. The summed E-state index contributed by atoms with van der Waals surface area (Å²) in [7, 11) is 0. The number of cyclic esters (lactones) is 1. The summed E-state index contributed by atoms with van der Waals surface area (Å²) in [5, 5.41) is 2.52. The van der Waals surface area contributed by atoms with Gasteiger partial charge in [-0.25, -0.2) is 9.79 Å². The fourth-order valence-corrected chi connectivity index (χ4v) is 4.20. The van der Waals surface area contributed by atoms with E-state index in [0.717, 1.165) is 21.9 Å². The highest BCUT2D eigenvalue weighted by atomic mass is 35.5. The Morgan fingerprint density at radius 2 is 1.72 bits per heavy atom. The average molecular weight is 498 g/mol. The Balaban J connectivity index is 1.42. The topological polar surface area (TPSA) is 57.1 Å². The van der Waals surface area contributed by atoms with Gasteiger partial charge in [-0.15, -0.1) is 0 Å². The van der Waals surface area contributed by atoms with Crippen molar-refractivity contribution in [2.75, 3.05) is 6.61 Å². The van der Waals surface area contributed by atoms with Crippen molar-refractivity contribution in [3.8, 4) is 11.5 Å². The minimum Gasteiger partial charge on any atom is -0.490 e. The van der Waals surface area contributed by atoms with Gasteiger partial charge in [0.2, 0.25) is 5.90 Å². The van der Waals surface area contributed by atoms with Gasteiger partial charge < -0.3 is 14.2 Å². The first-order valence-electron chi connectivity index (χ1n) is 11.7. The van der Waals surface area contributed by atoms with Crippen LogP contribution in [0.25, 0.3) is 16.8 Å². The van der Waals surface area contributed by atoms with Crippen LogP contribution in [0.1, 0.15) is 29.2 Å². The Morgan fingerprint density at radius 3 is 2.50 bits per heavy atom. The summed E-state index contributed by atoms with van der Waals surface area (Å²) in [6.45, 7) is 4.71. The van der Waals surface area contributed by atoms with Crippen molar-refractivity contribution in [1.82, 2.24) is 0 Å². The molecule has 0 radical (unpaired) electrons. The van der Waals surface area contributed by atoms with E-state index < -0.39 is 5.97 Å². The summed E-state index contributed by atoms with van der Waals surface area (Å²) < 4.78 is 17.3. The number of carbonyl (C=O) groups excluding carboxylic acids is 1. The maximum atomic E-state index is 12.6. The summed E-state index contributed by atoms with van der Waals surface area (Å²) in [4.78, 5) is 17.0. The van der Waals surface area contributed by atoms with E-state index >= 15 is 0 Å². The number of aliphatic imine (C=N–C) groups is 1. The molecule has 0 bridgehead atoms. The van der Waals surface area contributed by atoms with Gasteiger partial charge in [0, 0.05) is 5.56 Å². The molecular formula is C30H24ClNO4. The number of hydrogen-bond acceptors (Lipinski definition) is 5. The van der Waals surface area contributed by atoms with E-state index in [4.69, 9.17) is 25.8 Å². The van der Waals surface area contributed by atoms with Gasteiger partial charge in [-0.2, -0.15) is 0 Å². The van der Waals surface area contributed by atoms with Crippen LogP contribution in [0.4, 0.5) is 0 Å². The summed E-state index contributed by atoms with van der Waals surface area (Å²) >= 11 is 6.58. The highest BCUT2D eigenvalue weighted by molar-refractivity contribution is 6.32. The Kier molecular flexibility index (Phi) is 6.74. The third-order valence-corrected chi connectivity index (χ3v) is 6.04.